The summed E-state index contributed by atoms with van der Waals surface area (Å²) < 4.78 is 48.4. The highest BCUT2D eigenvalue weighted by Gasteiger charge is 2.68. The van der Waals surface area contributed by atoms with E-state index in [-0.39, 0.29) is 35.4 Å². The Balaban J connectivity index is 0.903. The predicted molar refractivity (Wildman–Crippen MR) is 223 cm³/mol. The molecule has 4 aliphatic carbocycles. The Labute approximate surface area is 379 Å². The van der Waals surface area contributed by atoms with Crippen LogP contribution in [0, 0.1) is 46.3 Å². The van der Waals surface area contributed by atoms with Crippen molar-refractivity contribution in [1.82, 2.24) is 0 Å². The van der Waals surface area contributed by atoms with Gasteiger partial charge in [-0.3, -0.25) is 0 Å². The molecule has 4 heterocycles. The fourth-order valence-electron chi connectivity index (χ4n) is 13.8. The van der Waals surface area contributed by atoms with Crippen LogP contribution in [0.4, 0.5) is 0 Å². The summed E-state index contributed by atoms with van der Waals surface area (Å²) >= 11 is 0. The van der Waals surface area contributed by atoms with E-state index in [9.17, 15) is 55.9 Å². The lowest BCUT2D eigenvalue weighted by Gasteiger charge is -2.58. The summed E-state index contributed by atoms with van der Waals surface area (Å²) in [4.78, 5) is 12.1. The second-order valence-electron chi connectivity index (χ2n) is 21.2. The Hall–Kier alpha value is -1.47. The zero-order valence-corrected chi connectivity index (χ0v) is 38.3. The molecular weight excluding hydrogens is 856 g/mol. The molecule has 0 aromatic carbocycles. The predicted octanol–water partition coefficient (Wildman–Crippen LogP) is -0.0851. The number of aliphatic carboxylic acids is 1. The lowest BCUT2D eigenvalue weighted by atomic mass is 9.47. The molecule has 19 nitrogen and oxygen atoms in total. The van der Waals surface area contributed by atoms with E-state index >= 15 is 0 Å². The van der Waals surface area contributed by atoms with Crippen LogP contribution in [0.25, 0.3) is 0 Å². The van der Waals surface area contributed by atoms with E-state index in [1.807, 2.05) is 6.92 Å². The third kappa shape index (κ3) is 8.67. The van der Waals surface area contributed by atoms with E-state index in [1.54, 1.807) is 7.11 Å². The molecule has 0 aromatic heterocycles. The number of aliphatic hydroxyl groups is 9. The standard InChI is InChI=1S/C46H74O19/c1-19(18-59-41-36(54)33(51)31(49)28(17-47)62-41)9-14-46(58-6)20(2)29-27(65-46)16-26-24-8-7-22-15-23(10-12-44(22,4)25(24)11-13-45(26,29)5)61-43-39(35(53)34(52)38(63-43)40(56)57)64-42-37(55)32(50)30(48)21(3)60-42/h7,19-21,23-39,41-43,47-55H,8-18H2,1-6H3,(H,56,57)/t19?,20-,21+,23-,24+,25-,26-,27-,28+,29-,30+,31+,32-,33-,34-,35-,36+,37-,38-,39+,41+,42+,43+,44-,45-,46+/m0/s1. The topological polar surface area (TPSA) is 293 Å². The lowest BCUT2D eigenvalue weighted by Crippen LogP contribution is -2.65. The summed E-state index contributed by atoms with van der Waals surface area (Å²) in [7, 11) is 1.72. The van der Waals surface area contributed by atoms with Crippen LogP contribution in [-0.2, 0) is 42.7 Å². The Kier molecular flexibility index (Phi) is 14.6. The number of ether oxygens (including phenoxy) is 8. The largest absolute Gasteiger partial charge is 0.479 e. The molecule has 3 saturated carbocycles. The first-order valence-corrected chi connectivity index (χ1v) is 23.8. The van der Waals surface area contributed by atoms with Crippen LogP contribution in [0.15, 0.2) is 11.6 Å². The molecule has 4 aliphatic heterocycles. The number of fused-ring (bicyclic) bond motifs is 7. The summed E-state index contributed by atoms with van der Waals surface area (Å²) in [6.45, 7) is 10.3. The van der Waals surface area contributed by atoms with Crippen LogP contribution in [0.2, 0.25) is 0 Å². The molecule has 0 aromatic rings. The highest BCUT2D eigenvalue weighted by molar-refractivity contribution is 5.73. The normalized spacial score (nSPS) is 53.6. The summed E-state index contributed by atoms with van der Waals surface area (Å²) in [5.74, 6) is -0.539. The molecule has 65 heavy (non-hydrogen) atoms. The smallest absolute Gasteiger partial charge is 0.335 e. The summed E-state index contributed by atoms with van der Waals surface area (Å²) in [6, 6.07) is 0. The third-order valence-corrected chi connectivity index (χ3v) is 17.7. The number of carbonyl (C=O) groups is 1. The molecule has 10 N–H and O–H groups in total. The lowest BCUT2D eigenvalue weighted by molar-refractivity contribution is -0.366. The molecular formula is C46H74O19. The number of methoxy groups -OCH3 is 1. The maximum Gasteiger partial charge on any atom is 0.335 e. The Morgan fingerprint density at radius 2 is 1.54 bits per heavy atom. The molecule has 26 atom stereocenters. The van der Waals surface area contributed by atoms with Gasteiger partial charge in [0.1, 0.15) is 61.0 Å². The van der Waals surface area contributed by atoms with Gasteiger partial charge < -0.3 is 89.0 Å². The van der Waals surface area contributed by atoms with Crippen molar-refractivity contribution in [3.63, 3.8) is 0 Å². The van der Waals surface area contributed by atoms with E-state index < -0.39 is 117 Å². The van der Waals surface area contributed by atoms with Gasteiger partial charge in [-0.05, 0) is 98.7 Å². The van der Waals surface area contributed by atoms with Gasteiger partial charge in [0.2, 0.25) is 0 Å². The van der Waals surface area contributed by atoms with Crippen molar-refractivity contribution in [2.45, 2.75) is 203 Å². The number of hydrogen-bond donors (Lipinski definition) is 10. The molecule has 1 unspecified atom stereocenters. The van der Waals surface area contributed by atoms with E-state index in [0.29, 0.717) is 49.4 Å². The minimum Gasteiger partial charge on any atom is -0.479 e. The van der Waals surface area contributed by atoms with Gasteiger partial charge >= 0.3 is 5.97 Å². The Morgan fingerprint density at radius 1 is 0.831 bits per heavy atom. The molecule has 0 spiro atoms. The van der Waals surface area contributed by atoms with Gasteiger partial charge in [-0.2, -0.15) is 0 Å². The van der Waals surface area contributed by atoms with Gasteiger partial charge in [0, 0.05) is 19.4 Å². The zero-order valence-electron chi connectivity index (χ0n) is 38.3. The number of rotatable bonds is 13. The minimum absolute atomic E-state index is 0.0138. The van der Waals surface area contributed by atoms with Crippen LogP contribution in [0.5, 0.6) is 0 Å². The van der Waals surface area contributed by atoms with Crippen molar-refractivity contribution in [2.24, 2.45) is 46.3 Å². The van der Waals surface area contributed by atoms with Crippen LogP contribution in [0.1, 0.15) is 92.4 Å². The third-order valence-electron chi connectivity index (χ3n) is 17.7. The molecule has 19 heteroatoms. The summed E-state index contributed by atoms with van der Waals surface area (Å²) in [5, 5.41) is 103. The molecule has 0 amide bonds. The fraction of sp³-hybridized carbons (Fsp3) is 0.935. The minimum atomic E-state index is -1.89. The van der Waals surface area contributed by atoms with Gasteiger partial charge in [0.15, 0.2) is 30.8 Å². The van der Waals surface area contributed by atoms with Crippen molar-refractivity contribution < 1.29 is 93.8 Å². The molecule has 372 valence electrons. The second kappa shape index (κ2) is 19.0. The molecule has 0 radical (unpaired) electrons. The quantitative estimate of drug-likeness (QED) is 0.108. The van der Waals surface area contributed by atoms with Crippen molar-refractivity contribution in [2.75, 3.05) is 20.3 Å². The maximum absolute atomic E-state index is 12.1. The summed E-state index contributed by atoms with van der Waals surface area (Å²) in [5.41, 5.74) is 1.20. The average molecular weight is 931 g/mol. The first-order chi connectivity index (χ1) is 30.7. The van der Waals surface area contributed by atoms with Crippen molar-refractivity contribution >= 4 is 5.97 Å². The number of carboxylic acid groups (broad SMARTS) is 1. The average Bonchev–Trinajstić information content (AvgIpc) is 3.74. The van der Waals surface area contributed by atoms with Crippen LogP contribution in [-0.4, -0.2) is 187 Å². The van der Waals surface area contributed by atoms with Crippen molar-refractivity contribution in [1.29, 1.82) is 0 Å². The first-order valence-electron chi connectivity index (χ1n) is 23.8. The van der Waals surface area contributed by atoms with Gasteiger partial charge in [-0.1, -0.05) is 39.3 Å². The highest BCUT2D eigenvalue weighted by atomic mass is 16.8. The molecule has 7 fully saturated rings. The fourth-order valence-corrected chi connectivity index (χ4v) is 13.8. The van der Waals surface area contributed by atoms with E-state index in [0.717, 1.165) is 32.1 Å². The monoisotopic (exact) mass is 930 g/mol. The number of aliphatic hydroxyl groups excluding tert-OH is 9. The van der Waals surface area contributed by atoms with Crippen LogP contribution in [0.3, 0.4) is 0 Å². The van der Waals surface area contributed by atoms with Gasteiger partial charge in [0.05, 0.1) is 31.5 Å². The zero-order chi connectivity index (χ0) is 47.1. The SMILES string of the molecule is CO[C@]1(CCC(C)CO[C@@H]2O[C@H](CO)[C@@H](O)[C@H](O)[C@H]2O)O[C@H]2C[C@H]3[C@@H]4CC=C5C[C@@H](O[C@@H]6O[C@H](C(=O)O)[C@@H](O)[C@H](O)[C@H]6O[C@H]6O[C@H](C)[C@@H](O)[C@H](O)[C@@H]6O)CC[C@]5(C)[C@H]4CC[C@]3(C)[C@H]2[C@@H]1C. The summed E-state index contributed by atoms with van der Waals surface area (Å²) in [6.07, 6.45) is -13.2. The van der Waals surface area contributed by atoms with Crippen molar-refractivity contribution in [3.8, 4) is 0 Å². The van der Waals surface area contributed by atoms with E-state index in [4.69, 9.17) is 37.9 Å². The second-order valence-corrected chi connectivity index (χ2v) is 21.2. The number of carboxylic acids is 1. The molecule has 0 bridgehead atoms. The van der Waals surface area contributed by atoms with Crippen LogP contribution < -0.4 is 0 Å². The van der Waals surface area contributed by atoms with E-state index in [2.05, 4.69) is 26.8 Å². The van der Waals surface area contributed by atoms with Crippen LogP contribution >= 0.6 is 0 Å². The maximum atomic E-state index is 12.1. The number of hydrogen-bond acceptors (Lipinski definition) is 18. The van der Waals surface area contributed by atoms with Crippen molar-refractivity contribution in [3.05, 3.63) is 11.6 Å². The Bertz CT molecular complexity index is 1700. The highest BCUT2D eigenvalue weighted by Crippen LogP contribution is 2.70. The van der Waals surface area contributed by atoms with E-state index in [1.165, 1.54) is 12.5 Å². The number of allylic oxidation sites excluding steroid dienone is 1. The van der Waals surface area contributed by atoms with Gasteiger partial charge in [-0.15, -0.1) is 0 Å². The molecule has 8 rings (SSSR count). The first kappa shape index (κ1) is 49.9. The molecule has 8 aliphatic rings. The Morgan fingerprint density at radius 3 is 2.23 bits per heavy atom. The van der Waals surface area contributed by atoms with Gasteiger partial charge in [-0.25, -0.2) is 4.79 Å². The molecule has 4 saturated heterocycles. The van der Waals surface area contributed by atoms with Gasteiger partial charge in [0.25, 0.3) is 0 Å².